The van der Waals surface area contributed by atoms with E-state index in [1.165, 1.54) is 0 Å². The van der Waals surface area contributed by atoms with Gasteiger partial charge in [-0.05, 0) is 18.1 Å². The first-order chi connectivity index (χ1) is 9.74. The Hall–Kier alpha value is -1.98. The van der Waals surface area contributed by atoms with Crippen LogP contribution in [0.4, 0.5) is 0 Å². The van der Waals surface area contributed by atoms with Crippen molar-refractivity contribution in [2.24, 2.45) is 0 Å². The molecule has 1 aliphatic heterocycles. The largest absolute Gasteiger partial charge is 0.392 e. The first kappa shape index (κ1) is 13.0. The summed E-state index contributed by atoms with van der Waals surface area (Å²) in [5.41, 5.74) is 1.91. The number of benzene rings is 1. The van der Waals surface area contributed by atoms with Crippen molar-refractivity contribution in [3.8, 4) is 0 Å². The highest BCUT2D eigenvalue weighted by Crippen LogP contribution is 2.15. The molecule has 104 valence electrons. The predicted molar refractivity (Wildman–Crippen MR) is 76.0 cm³/mol. The topological polar surface area (TPSA) is 74.2 Å². The molecule has 0 unspecified atom stereocenters. The zero-order valence-corrected chi connectivity index (χ0v) is 11.0. The van der Waals surface area contributed by atoms with Crippen LogP contribution in [-0.2, 0) is 11.3 Å². The molecule has 0 saturated carbocycles. The summed E-state index contributed by atoms with van der Waals surface area (Å²) in [6, 6.07) is 9.53. The zero-order chi connectivity index (χ0) is 13.9. The van der Waals surface area contributed by atoms with E-state index >= 15 is 0 Å². The Labute approximate surface area is 117 Å². The molecule has 2 aromatic rings. The lowest BCUT2D eigenvalue weighted by Gasteiger charge is -2.12. The minimum absolute atomic E-state index is 0.0746. The van der Waals surface area contributed by atoms with Crippen LogP contribution in [-0.4, -0.2) is 34.7 Å². The number of amides is 1. The molecular formula is C15H17N3O2. The molecule has 1 fully saturated rings. The Balaban J connectivity index is 1.69. The number of nitrogens with one attached hydrogen (secondary N) is 2. The number of rotatable bonds is 3. The summed E-state index contributed by atoms with van der Waals surface area (Å²) < 4.78 is 0. The van der Waals surface area contributed by atoms with Crippen molar-refractivity contribution in [3.05, 3.63) is 42.1 Å². The standard InChI is InChI=1S/C15H17N3O2/c19-12-7-13(17-9-12)15(20)18-8-11-4-1-3-10-5-2-6-16-14(10)11/h1-6,12-13,17,19H,7-9H2,(H,18,20)/t12-,13+/m0/s1. The predicted octanol–water partition coefficient (Wildman–Crippen LogP) is 0.574. The van der Waals surface area contributed by atoms with Gasteiger partial charge in [-0.15, -0.1) is 0 Å². The second-order valence-corrected chi connectivity index (χ2v) is 5.06. The Morgan fingerprint density at radius 1 is 1.40 bits per heavy atom. The molecule has 1 aromatic carbocycles. The van der Waals surface area contributed by atoms with Crippen molar-refractivity contribution in [2.75, 3.05) is 6.54 Å². The van der Waals surface area contributed by atoms with Crippen LogP contribution in [0, 0.1) is 0 Å². The summed E-state index contributed by atoms with van der Waals surface area (Å²) in [6.45, 7) is 0.926. The number of hydrogen-bond acceptors (Lipinski definition) is 4. The molecule has 1 aromatic heterocycles. The summed E-state index contributed by atoms with van der Waals surface area (Å²) in [4.78, 5) is 16.4. The van der Waals surface area contributed by atoms with E-state index in [1.807, 2.05) is 30.3 Å². The second kappa shape index (κ2) is 5.56. The number of carbonyl (C=O) groups excluding carboxylic acids is 1. The number of hydrogen-bond donors (Lipinski definition) is 3. The molecule has 5 nitrogen and oxygen atoms in total. The maximum absolute atomic E-state index is 12.0. The maximum Gasteiger partial charge on any atom is 0.237 e. The third kappa shape index (κ3) is 2.64. The van der Waals surface area contributed by atoms with E-state index < -0.39 is 6.10 Å². The third-order valence-corrected chi connectivity index (χ3v) is 3.59. The Bertz CT molecular complexity index is 624. The van der Waals surface area contributed by atoms with E-state index in [2.05, 4.69) is 15.6 Å². The van der Waals surface area contributed by atoms with E-state index in [9.17, 15) is 9.90 Å². The van der Waals surface area contributed by atoms with Crippen LogP contribution in [0.2, 0.25) is 0 Å². The van der Waals surface area contributed by atoms with E-state index in [4.69, 9.17) is 0 Å². The SMILES string of the molecule is O=C(NCc1cccc2cccnc12)[C@H]1C[C@H](O)CN1. The van der Waals surface area contributed by atoms with Gasteiger partial charge in [-0.2, -0.15) is 0 Å². The zero-order valence-electron chi connectivity index (χ0n) is 11.0. The Kier molecular flexibility index (Phi) is 3.62. The van der Waals surface area contributed by atoms with E-state index in [0.29, 0.717) is 19.5 Å². The van der Waals surface area contributed by atoms with Crippen molar-refractivity contribution in [2.45, 2.75) is 25.1 Å². The molecular weight excluding hydrogens is 254 g/mol. The highest BCUT2D eigenvalue weighted by molar-refractivity contribution is 5.84. The van der Waals surface area contributed by atoms with Crippen molar-refractivity contribution >= 4 is 16.8 Å². The number of β-amino-alcohol motifs (C(OH)–C–C–N with tert-alkyl or cyclic N) is 1. The van der Waals surface area contributed by atoms with Gasteiger partial charge in [0.25, 0.3) is 0 Å². The van der Waals surface area contributed by atoms with Crippen LogP contribution >= 0.6 is 0 Å². The van der Waals surface area contributed by atoms with Gasteiger partial charge >= 0.3 is 0 Å². The molecule has 20 heavy (non-hydrogen) atoms. The third-order valence-electron chi connectivity index (χ3n) is 3.59. The van der Waals surface area contributed by atoms with Crippen LogP contribution in [0.3, 0.4) is 0 Å². The first-order valence-corrected chi connectivity index (χ1v) is 6.76. The molecule has 0 aliphatic carbocycles. The lowest BCUT2D eigenvalue weighted by atomic mass is 10.1. The molecule has 0 spiro atoms. The van der Waals surface area contributed by atoms with Gasteiger partial charge in [0.1, 0.15) is 0 Å². The smallest absolute Gasteiger partial charge is 0.237 e. The number of aromatic nitrogens is 1. The molecule has 2 atom stereocenters. The highest BCUT2D eigenvalue weighted by Gasteiger charge is 2.27. The van der Waals surface area contributed by atoms with Crippen LogP contribution in [0.25, 0.3) is 10.9 Å². The molecule has 1 saturated heterocycles. The Morgan fingerprint density at radius 2 is 2.25 bits per heavy atom. The van der Waals surface area contributed by atoms with Crippen molar-refractivity contribution in [3.63, 3.8) is 0 Å². The monoisotopic (exact) mass is 271 g/mol. The van der Waals surface area contributed by atoms with Gasteiger partial charge in [0.2, 0.25) is 5.91 Å². The van der Waals surface area contributed by atoms with Crippen LogP contribution < -0.4 is 10.6 Å². The fraction of sp³-hybridized carbons (Fsp3) is 0.333. The normalized spacial score (nSPS) is 22.1. The molecule has 1 amide bonds. The quantitative estimate of drug-likeness (QED) is 0.763. The molecule has 1 aliphatic rings. The van der Waals surface area contributed by atoms with E-state index in [1.54, 1.807) is 6.20 Å². The van der Waals surface area contributed by atoms with Crippen LogP contribution in [0.15, 0.2) is 36.5 Å². The maximum atomic E-state index is 12.0. The van der Waals surface area contributed by atoms with Gasteiger partial charge in [0, 0.05) is 24.7 Å². The van der Waals surface area contributed by atoms with Crippen molar-refractivity contribution in [1.29, 1.82) is 0 Å². The molecule has 3 N–H and O–H groups in total. The molecule has 3 rings (SSSR count). The average Bonchev–Trinajstić information content (AvgIpc) is 2.91. The molecule has 0 radical (unpaired) electrons. The van der Waals surface area contributed by atoms with Gasteiger partial charge in [0.15, 0.2) is 0 Å². The van der Waals surface area contributed by atoms with Gasteiger partial charge in [-0.3, -0.25) is 9.78 Å². The minimum atomic E-state index is -0.426. The highest BCUT2D eigenvalue weighted by atomic mass is 16.3. The van der Waals surface area contributed by atoms with Gasteiger partial charge in [-0.1, -0.05) is 24.3 Å². The average molecular weight is 271 g/mol. The molecule has 2 heterocycles. The van der Waals surface area contributed by atoms with Crippen LogP contribution in [0.5, 0.6) is 0 Å². The fourth-order valence-corrected chi connectivity index (χ4v) is 2.53. The second-order valence-electron chi connectivity index (χ2n) is 5.06. The summed E-state index contributed by atoms with van der Waals surface area (Å²) in [6.07, 6.45) is 1.80. The number of aliphatic hydroxyl groups excluding tert-OH is 1. The van der Waals surface area contributed by atoms with E-state index in [0.717, 1.165) is 16.5 Å². The molecule has 5 heteroatoms. The fourth-order valence-electron chi connectivity index (χ4n) is 2.53. The summed E-state index contributed by atoms with van der Waals surface area (Å²) in [5.74, 6) is -0.0746. The lowest BCUT2D eigenvalue weighted by Crippen LogP contribution is -2.40. The van der Waals surface area contributed by atoms with Crippen molar-refractivity contribution in [1.82, 2.24) is 15.6 Å². The summed E-state index contributed by atoms with van der Waals surface area (Å²) >= 11 is 0. The summed E-state index contributed by atoms with van der Waals surface area (Å²) in [5, 5.41) is 16.4. The number of nitrogens with zero attached hydrogens (tertiary/aromatic N) is 1. The number of fused-ring (bicyclic) bond motifs is 1. The van der Waals surface area contributed by atoms with Crippen LogP contribution in [0.1, 0.15) is 12.0 Å². The first-order valence-electron chi connectivity index (χ1n) is 6.76. The van der Waals surface area contributed by atoms with Gasteiger partial charge < -0.3 is 15.7 Å². The number of carbonyl (C=O) groups is 1. The minimum Gasteiger partial charge on any atom is -0.392 e. The van der Waals surface area contributed by atoms with E-state index in [-0.39, 0.29) is 11.9 Å². The molecule has 0 bridgehead atoms. The Morgan fingerprint density at radius 3 is 3.05 bits per heavy atom. The lowest BCUT2D eigenvalue weighted by molar-refractivity contribution is -0.123. The van der Waals surface area contributed by atoms with Gasteiger partial charge in [0.05, 0.1) is 17.7 Å². The summed E-state index contributed by atoms with van der Waals surface area (Å²) in [7, 11) is 0. The number of aliphatic hydroxyl groups is 1. The number of pyridine rings is 1. The number of para-hydroxylation sites is 1. The van der Waals surface area contributed by atoms with Crippen molar-refractivity contribution < 1.29 is 9.90 Å². The van der Waals surface area contributed by atoms with Gasteiger partial charge in [-0.25, -0.2) is 0 Å².